The van der Waals surface area contributed by atoms with Crippen molar-refractivity contribution >= 4 is 32.4 Å². The zero-order chi connectivity index (χ0) is 14.9. The Hall–Kier alpha value is -2.74. The van der Waals surface area contributed by atoms with Crippen LogP contribution in [0.4, 0.5) is 11.6 Å². The highest BCUT2D eigenvalue weighted by atomic mass is 32.2. The second kappa shape index (κ2) is 4.98. The Labute approximate surface area is 120 Å². The Kier molecular flexibility index (Phi) is 3.15. The Morgan fingerprint density at radius 2 is 1.95 bits per heavy atom. The molecule has 3 aromatic rings. The van der Waals surface area contributed by atoms with Gasteiger partial charge in [-0.3, -0.25) is 0 Å². The molecule has 3 rings (SSSR count). The lowest BCUT2D eigenvalue weighted by Gasteiger charge is -2.09. The average Bonchev–Trinajstić information content (AvgIpc) is 2.47. The third kappa shape index (κ3) is 2.61. The standard InChI is InChI=1S/C13H11N5O2S/c14-10-4-5-11-9(8-10)2-1-3-12(11)21(19,20)18-13-15-6-7-16-17-13/h1-8H,14H2,(H,15,17,18). The first-order valence-corrected chi connectivity index (χ1v) is 7.49. The van der Waals surface area contributed by atoms with E-state index in [9.17, 15) is 8.42 Å². The molecule has 0 radical (unpaired) electrons. The molecule has 0 fully saturated rings. The van der Waals surface area contributed by atoms with Crippen molar-refractivity contribution in [3.8, 4) is 0 Å². The fraction of sp³-hybridized carbons (Fsp3) is 0. The van der Waals surface area contributed by atoms with E-state index < -0.39 is 10.0 Å². The fourth-order valence-corrected chi connectivity index (χ4v) is 3.15. The number of nitrogens with zero attached hydrogens (tertiary/aromatic N) is 3. The van der Waals surface area contributed by atoms with Gasteiger partial charge in [0.25, 0.3) is 16.0 Å². The van der Waals surface area contributed by atoms with Crippen LogP contribution in [-0.2, 0) is 10.0 Å². The fourth-order valence-electron chi connectivity index (χ4n) is 1.98. The molecule has 8 heteroatoms. The second-order valence-corrected chi connectivity index (χ2v) is 5.96. The molecular weight excluding hydrogens is 290 g/mol. The first-order chi connectivity index (χ1) is 10.1. The van der Waals surface area contributed by atoms with Gasteiger partial charge in [-0.2, -0.15) is 5.10 Å². The van der Waals surface area contributed by atoms with Crippen molar-refractivity contribution in [2.24, 2.45) is 0 Å². The molecule has 7 nitrogen and oxygen atoms in total. The highest BCUT2D eigenvalue weighted by Crippen LogP contribution is 2.25. The van der Waals surface area contributed by atoms with Gasteiger partial charge in [0.05, 0.1) is 17.3 Å². The molecule has 0 aliphatic rings. The number of sulfonamides is 1. The van der Waals surface area contributed by atoms with E-state index in [1.165, 1.54) is 18.5 Å². The highest BCUT2D eigenvalue weighted by molar-refractivity contribution is 7.93. The van der Waals surface area contributed by atoms with Crippen molar-refractivity contribution in [1.29, 1.82) is 0 Å². The first kappa shape index (κ1) is 13.3. The number of rotatable bonds is 3. The SMILES string of the molecule is Nc1ccc2c(S(=O)(=O)Nc3nccnn3)cccc2c1. The Balaban J connectivity index is 2.11. The smallest absolute Gasteiger partial charge is 0.264 e. The maximum Gasteiger partial charge on any atom is 0.264 e. The van der Waals surface area contributed by atoms with Crippen molar-refractivity contribution < 1.29 is 8.42 Å². The lowest BCUT2D eigenvalue weighted by molar-refractivity contribution is 0.601. The predicted molar refractivity (Wildman–Crippen MR) is 79.0 cm³/mol. The molecular formula is C13H11N5O2S. The third-order valence-electron chi connectivity index (χ3n) is 2.86. The average molecular weight is 301 g/mol. The molecule has 0 aliphatic heterocycles. The van der Waals surface area contributed by atoms with Crippen LogP contribution in [0.3, 0.4) is 0 Å². The van der Waals surface area contributed by atoms with Gasteiger partial charge >= 0.3 is 0 Å². The van der Waals surface area contributed by atoms with E-state index in [2.05, 4.69) is 19.9 Å². The molecule has 0 atom stereocenters. The number of fused-ring (bicyclic) bond motifs is 1. The molecule has 0 bridgehead atoms. The van der Waals surface area contributed by atoms with E-state index in [1.54, 1.807) is 30.3 Å². The summed E-state index contributed by atoms with van der Waals surface area (Å²) < 4.78 is 27.2. The van der Waals surface area contributed by atoms with Gasteiger partial charge in [0.1, 0.15) is 0 Å². The summed E-state index contributed by atoms with van der Waals surface area (Å²) in [4.78, 5) is 3.93. The minimum atomic E-state index is -3.81. The van der Waals surface area contributed by atoms with Crippen molar-refractivity contribution in [3.05, 3.63) is 48.8 Å². The highest BCUT2D eigenvalue weighted by Gasteiger charge is 2.18. The minimum Gasteiger partial charge on any atom is -0.399 e. The number of benzene rings is 2. The monoisotopic (exact) mass is 301 g/mol. The molecule has 1 heterocycles. The Morgan fingerprint density at radius 1 is 1.10 bits per heavy atom. The van der Waals surface area contributed by atoms with Crippen LogP contribution < -0.4 is 10.5 Å². The summed E-state index contributed by atoms with van der Waals surface area (Å²) >= 11 is 0. The molecule has 21 heavy (non-hydrogen) atoms. The molecule has 0 unspecified atom stereocenters. The van der Waals surface area contributed by atoms with Crippen LogP contribution in [-0.4, -0.2) is 23.6 Å². The second-order valence-electron chi connectivity index (χ2n) is 4.31. The van der Waals surface area contributed by atoms with Gasteiger partial charge in [-0.25, -0.2) is 18.1 Å². The molecule has 3 N–H and O–H groups in total. The summed E-state index contributed by atoms with van der Waals surface area (Å²) in [5.74, 6) is -0.0788. The van der Waals surface area contributed by atoms with E-state index in [4.69, 9.17) is 5.73 Å². The summed E-state index contributed by atoms with van der Waals surface area (Å²) in [5.41, 5.74) is 6.28. The summed E-state index contributed by atoms with van der Waals surface area (Å²) in [6.45, 7) is 0. The molecule has 0 aliphatic carbocycles. The van der Waals surface area contributed by atoms with Gasteiger partial charge in [-0.1, -0.05) is 18.2 Å². The maximum absolute atomic E-state index is 12.5. The summed E-state index contributed by atoms with van der Waals surface area (Å²) in [6, 6.07) is 10.0. The number of nitrogens with two attached hydrogens (primary N) is 1. The van der Waals surface area contributed by atoms with E-state index in [0.29, 0.717) is 11.1 Å². The number of aromatic nitrogens is 3. The van der Waals surface area contributed by atoms with E-state index in [1.807, 2.05) is 0 Å². The van der Waals surface area contributed by atoms with Crippen LogP contribution in [0, 0.1) is 0 Å². The third-order valence-corrected chi connectivity index (χ3v) is 4.25. The number of nitrogens with one attached hydrogen (secondary N) is 1. The number of hydrogen-bond donors (Lipinski definition) is 2. The lowest BCUT2D eigenvalue weighted by atomic mass is 10.1. The van der Waals surface area contributed by atoms with Crippen LogP contribution in [0.5, 0.6) is 0 Å². The topological polar surface area (TPSA) is 111 Å². The van der Waals surface area contributed by atoms with Gasteiger partial charge in [0.15, 0.2) is 0 Å². The Bertz CT molecular complexity index is 897. The zero-order valence-corrected chi connectivity index (χ0v) is 11.6. The summed E-state index contributed by atoms with van der Waals surface area (Å²) in [5, 5.41) is 8.51. The van der Waals surface area contributed by atoms with E-state index in [-0.39, 0.29) is 10.8 Å². The van der Waals surface area contributed by atoms with Crippen molar-refractivity contribution in [1.82, 2.24) is 15.2 Å². The molecule has 0 saturated heterocycles. The molecule has 1 aromatic heterocycles. The van der Waals surface area contributed by atoms with Gasteiger partial charge in [-0.15, -0.1) is 5.10 Å². The quantitative estimate of drug-likeness (QED) is 0.707. The number of hydrogen-bond acceptors (Lipinski definition) is 6. The first-order valence-electron chi connectivity index (χ1n) is 6.01. The largest absolute Gasteiger partial charge is 0.399 e. The van der Waals surface area contributed by atoms with Crippen LogP contribution in [0.1, 0.15) is 0 Å². The number of nitrogen functional groups attached to an aromatic ring is 1. The van der Waals surface area contributed by atoms with Crippen molar-refractivity contribution in [3.63, 3.8) is 0 Å². The Morgan fingerprint density at radius 3 is 2.71 bits per heavy atom. The summed E-state index contributed by atoms with van der Waals surface area (Å²) in [6.07, 6.45) is 2.72. The van der Waals surface area contributed by atoms with Gasteiger partial charge in [0, 0.05) is 11.1 Å². The van der Waals surface area contributed by atoms with Gasteiger partial charge in [0.2, 0.25) is 0 Å². The zero-order valence-electron chi connectivity index (χ0n) is 10.8. The van der Waals surface area contributed by atoms with Gasteiger partial charge in [-0.05, 0) is 23.6 Å². The molecule has 0 saturated carbocycles. The summed E-state index contributed by atoms with van der Waals surface area (Å²) in [7, 11) is -3.81. The van der Waals surface area contributed by atoms with Crippen LogP contribution >= 0.6 is 0 Å². The van der Waals surface area contributed by atoms with Gasteiger partial charge < -0.3 is 5.73 Å². The molecule has 2 aromatic carbocycles. The van der Waals surface area contributed by atoms with Crippen molar-refractivity contribution in [2.75, 3.05) is 10.5 Å². The van der Waals surface area contributed by atoms with E-state index >= 15 is 0 Å². The molecule has 0 spiro atoms. The molecule has 0 amide bonds. The van der Waals surface area contributed by atoms with E-state index in [0.717, 1.165) is 5.39 Å². The maximum atomic E-state index is 12.5. The lowest BCUT2D eigenvalue weighted by Crippen LogP contribution is -2.15. The van der Waals surface area contributed by atoms with Crippen LogP contribution in [0.15, 0.2) is 53.7 Å². The van der Waals surface area contributed by atoms with Crippen LogP contribution in [0.25, 0.3) is 10.8 Å². The minimum absolute atomic E-state index is 0.0788. The van der Waals surface area contributed by atoms with Crippen LogP contribution in [0.2, 0.25) is 0 Å². The predicted octanol–water partition coefficient (Wildman–Crippen LogP) is 1.41. The molecule has 106 valence electrons. The number of anilines is 2. The van der Waals surface area contributed by atoms with Crippen molar-refractivity contribution in [2.45, 2.75) is 4.90 Å². The normalized spacial score (nSPS) is 11.4.